The van der Waals surface area contributed by atoms with E-state index in [4.69, 9.17) is 10.8 Å². The maximum atomic E-state index is 12.4. The van der Waals surface area contributed by atoms with E-state index >= 15 is 0 Å². The molecule has 0 aliphatic carbocycles. The SMILES string of the molecule is CCN(CCCO)C(=O)c1sc2ncccc2c1N. The molecule has 0 aromatic carbocycles. The molecule has 0 bridgehead atoms. The van der Waals surface area contributed by atoms with Gasteiger partial charge in [-0.2, -0.15) is 0 Å². The molecule has 0 atom stereocenters. The zero-order chi connectivity index (χ0) is 13.8. The molecule has 2 rings (SSSR count). The van der Waals surface area contributed by atoms with Crippen LogP contribution in [0.25, 0.3) is 10.2 Å². The number of carbonyl (C=O) groups excluding carboxylic acids is 1. The highest BCUT2D eigenvalue weighted by Gasteiger charge is 2.21. The van der Waals surface area contributed by atoms with Crippen molar-refractivity contribution in [3.05, 3.63) is 23.2 Å². The van der Waals surface area contributed by atoms with Gasteiger partial charge in [-0.05, 0) is 25.5 Å². The van der Waals surface area contributed by atoms with E-state index in [-0.39, 0.29) is 12.5 Å². The van der Waals surface area contributed by atoms with Gasteiger partial charge in [-0.3, -0.25) is 4.79 Å². The molecule has 3 N–H and O–H groups in total. The van der Waals surface area contributed by atoms with Gasteiger partial charge in [0.1, 0.15) is 9.71 Å². The van der Waals surface area contributed by atoms with Crippen LogP contribution in [0.3, 0.4) is 0 Å². The first-order valence-electron chi connectivity index (χ1n) is 6.22. The van der Waals surface area contributed by atoms with Crippen LogP contribution >= 0.6 is 11.3 Å². The van der Waals surface area contributed by atoms with Gasteiger partial charge in [0, 0.05) is 31.3 Å². The summed E-state index contributed by atoms with van der Waals surface area (Å²) < 4.78 is 0. The number of aliphatic hydroxyl groups excluding tert-OH is 1. The molecule has 5 nitrogen and oxygen atoms in total. The molecule has 0 radical (unpaired) electrons. The van der Waals surface area contributed by atoms with Gasteiger partial charge in [0.25, 0.3) is 5.91 Å². The van der Waals surface area contributed by atoms with Crippen molar-refractivity contribution in [2.24, 2.45) is 0 Å². The molecule has 2 heterocycles. The first kappa shape index (κ1) is 13.8. The molecule has 0 aliphatic rings. The summed E-state index contributed by atoms with van der Waals surface area (Å²) in [5.41, 5.74) is 6.54. The number of fused-ring (bicyclic) bond motifs is 1. The van der Waals surface area contributed by atoms with E-state index in [1.807, 2.05) is 19.1 Å². The van der Waals surface area contributed by atoms with Crippen molar-refractivity contribution in [3.8, 4) is 0 Å². The number of aromatic nitrogens is 1. The van der Waals surface area contributed by atoms with Crippen LogP contribution in [-0.4, -0.2) is 40.6 Å². The third-order valence-electron chi connectivity index (χ3n) is 2.95. The quantitative estimate of drug-likeness (QED) is 0.873. The number of thiophene rings is 1. The monoisotopic (exact) mass is 279 g/mol. The first-order valence-corrected chi connectivity index (χ1v) is 7.03. The standard InChI is InChI=1S/C13H17N3O2S/c1-2-16(7-4-8-17)13(18)11-10(14)9-5-3-6-15-12(9)19-11/h3,5-6,17H,2,4,7-8,14H2,1H3. The smallest absolute Gasteiger partial charge is 0.266 e. The molecule has 0 fully saturated rings. The molecular weight excluding hydrogens is 262 g/mol. The van der Waals surface area contributed by atoms with E-state index in [0.29, 0.717) is 30.1 Å². The number of amides is 1. The Morgan fingerprint density at radius 3 is 3.00 bits per heavy atom. The van der Waals surface area contributed by atoms with Gasteiger partial charge in [-0.25, -0.2) is 4.98 Å². The minimum atomic E-state index is -0.0866. The van der Waals surface area contributed by atoms with Crippen molar-refractivity contribution in [2.75, 3.05) is 25.4 Å². The third kappa shape index (κ3) is 2.69. The number of carbonyl (C=O) groups is 1. The highest BCUT2D eigenvalue weighted by Crippen LogP contribution is 2.32. The normalized spacial score (nSPS) is 10.8. The van der Waals surface area contributed by atoms with Gasteiger partial charge in [0.05, 0.1) is 5.69 Å². The van der Waals surface area contributed by atoms with Crippen molar-refractivity contribution in [2.45, 2.75) is 13.3 Å². The summed E-state index contributed by atoms with van der Waals surface area (Å²) in [4.78, 5) is 19.6. The second-order valence-electron chi connectivity index (χ2n) is 4.16. The summed E-state index contributed by atoms with van der Waals surface area (Å²) in [5, 5.41) is 9.69. The van der Waals surface area contributed by atoms with Gasteiger partial charge in [0.15, 0.2) is 0 Å². The van der Waals surface area contributed by atoms with Gasteiger partial charge < -0.3 is 15.7 Å². The van der Waals surface area contributed by atoms with E-state index in [9.17, 15) is 4.79 Å². The summed E-state index contributed by atoms with van der Waals surface area (Å²) in [7, 11) is 0. The van der Waals surface area contributed by atoms with Crippen molar-refractivity contribution in [3.63, 3.8) is 0 Å². The number of hydrogen-bond acceptors (Lipinski definition) is 5. The number of nitrogens with two attached hydrogens (primary N) is 1. The van der Waals surface area contributed by atoms with Crippen LogP contribution < -0.4 is 5.73 Å². The minimum absolute atomic E-state index is 0.0766. The van der Waals surface area contributed by atoms with Crippen LogP contribution in [0.4, 0.5) is 5.69 Å². The van der Waals surface area contributed by atoms with Gasteiger partial charge >= 0.3 is 0 Å². The lowest BCUT2D eigenvalue weighted by molar-refractivity contribution is 0.0760. The Balaban J connectivity index is 2.32. The average molecular weight is 279 g/mol. The summed E-state index contributed by atoms with van der Waals surface area (Å²) in [6.45, 7) is 3.12. The fourth-order valence-corrected chi connectivity index (χ4v) is 2.95. The van der Waals surface area contributed by atoms with Crippen LogP contribution in [0.5, 0.6) is 0 Å². The number of anilines is 1. The second-order valence-corrected chi connectivity index (χ2v) is 5.16. The molecule has 102 valence electrons. The number of hydrogen-bond donors (Lipinski definition) is 2. The van der Waals surface area contributed by atoms with Gasteiger partial charge in [0.2, 0.25) is 0 Å². The van der Waals surface area contributed by atoms with E-state index in [1.54, 1.807) is 11.1 Å². The van der Waals surface area contributed by atoms with Crippen molar-refractivity contribution >= 4 is 33.1 Å². The van der Waals surface area contributed by atoms with Crippen molar-refractivity contribution in [1.29, 1.82) is 0 Å². The fraction of sp³-hybridized carbons (Fsp3) is 0.385. The Morgan fingerprint density at radius 2 is 2.37 bits per heavy atom. The molecule has 0 saturated carbocycles. The number of aliphatic hydroxyl groups is 1. The zero-order valence-electron chi connectivity index (χ0n) is 10.8. The molecule has 0 aliphatic heterocycles. The summed E-state index contributed by atoms with van der Waals surface area (Å²) in [6.07, 6.45) is 2.26. The summed E-state index contributed by atoms with van der Waals surface area (Å²) >= 11 is 1.32. The lowest BCUT2D eigenvalue weighted by Crippen LogP contribution is -2.32. The highest BCUT2D eigenvalue weighted by molar-refractivity contribution is 7.21. The molecule has 2 aromatic heterocycles. The van der Waals surface area contributed by atoms with Gasteiger partial charge in [-0.1, -0.05) is 0 Å². The van der Waals surface area contributed by atoms with Crippen molar-refractivity contribution < 1.29 is 9.90 Å². The van der Waals surface area contributed by atoms with E-state index in [1.165, 1.54) is 11.3 Å². The highest BCUT2D eigenvalue weighted by atomic mass is 32.1. The lowest BCUT2D eigenvalue weighted by atomic mass is 10.2. The van der Waals surface area contributed by atoms with Gasteiger partial charge in [-0.15, -0.1) is 11.3 Å². The Labute approximate surface area is 115 Å². The maximum absolute atomic E-state index is 12.4. The average Bonchev–Trinajstić information content (AvgIpc) is 2.77. The number of pyridine rings is 1. The fourth-order valence-electron chi connectivity index (χ4n) is 1.92. The summed E-state index contributed by atoms with van der Waals surface area (Å²) in [5.74, 6) is -0.0866. The number of nitrogen functional groups attached to an aromatic ring is 1. The van der Waals surface area contributed by atoms with Crippen LogP contribution in [0.2, 0.25) is 0 Å². The van der Waals surface area contributed by atoms with E-state index in [0.717, 1.165) is 10.2 Å². The van der Waals surface area contributed by atoms with E-state index in [2.05, 4.69) is 4.98 Å². The largest absolute Gasteiger partial charge is 0.397 e. The Hall–Kier alpha value is -1.66. The summed E-state index contributed by atoms with van der Waals surface area (Å²) in [6, 6.07) is 3.68. The minimum Gasteiger partial charge on any atom is -0.397 e. The number of nitrogens with zero attached hydrogens (tertiary/aromatic N) is 2. The molecular formula is C13H17N3O2S. The molecule has 0 saturated heterocycles. The van der Waals surface area contributed by atoms with Crippen LogP contribution in [0.15, 0.2) is 18.3 Å². The maximum Gasteiger partial charge on any atom is 0.266 e. The lowest BCUT2D eigenvalue weighted by Gasteiger charge is -2.19. The Bertz CT molecular complexity index is 582. The Morgan fingerprint density at radius 1 is 1.58 bits per heavy atom. The topological polar surface area (TPSA) is 79.5 Å². The molecule has 1 amide bonds. The predicted molar refractivity (Wildman–Crippen MR) is 77.3 cm³/mol. The predicted octanol–water partition coefficient (Wildman–Crippen LogP) is 1.72. The van der Waals surface area contributed by atoms with Crippen LogP contribution in [-0.2, 0) is 0 Å². The molecule has 2 aromatic rings. The van der Waals surface area contributed by atoms with Crippen molar-refractivity contribution in [1.82, 2.24) is 9.88 Å². The first-order chi connectivity index (χ1) is 9.19. The molecule has 6 heteroatoms. The third-order valence-corrected chi connectivity index (χ3v) is 4.07. The van der Waals surface area contributed by atoms with Crippen LogP contribution in [0, 0.1) is 0 Å². The van der Waals surface area contributed by atoms with Crippen LogP contribution in [0.1, 0.15) is 23.0 Å². The molecule has 0 unspecified atom stereocenters. The number of rotatable bonds is 5. The molecule has 0 spiro atoms. The second kappa shape index (κ2) is 5.99. The molecule has 19 heavy (non-hydrogen) atoms. The zero-order valence-corrected chi connectivity index (χ0v) is 11.6. The van der Waals surface area contributed by atoms with E-state index < -0.39 is 0 Å². The Kier molecular flexibility index (Phi) is 4.34.